The van der Waals surface area contributed by atoms with Crippen LogP contribution in [0.3, 0.4) is 0 Å². The number of carbonyl (C=O) groups excluding carboxylic acids is 1. The first-order valence-electron chi connectivity index (χ1n) is 7.12. The minimum absolute atomic E-state index is 0.0524. The van der Waals surface area contributed by atoms with Crippen molar-refractivity contribution < 1.29 is 4.79 Å². The van der Waals surface area contributed by atoms with Crippen molar-refractivity contribution in [3.8, 4) is 0 Å². The van der Waals surface area contributed by atoms with Gasteiger partial charge in [0.05, 0.1) is 0 Å². The smallest absolute Gasteiger partial charge is 0.251 e. The Morgan fingerprint density at radius 1 is 1.37 bits per heavy atom. The van der Waals surface area contributed by atoms with Gasteiger partial charge in [0, 0.05) is 16.6 Å². The first-order valence-corrected chi connectivity index (χ1v) is 7.91. The van der Waals surface area contributed by atoms with Gasteiger partial charge in [0.1, 0.15) is 0 Å². The molecule has 0 bridgehead atoms. The van der Waals surface area contributed by atoms with E-state index in [-0.39, 0.29) is 5.91 Å². The van der Waals surface area contributed by atoms with Gasteiger partial charge in [-0.1, -0.05) is 48.2 Å². The molecule has 1 aliphatic rings. The molecule has 2 unspecified atom stereocenters. The molecule has 1 aromatic rings. The quantitative estimate of drug-likeness (QED) is 0.882. The van der Waals surface area contributed by atoms with Crippen molar-refractivity contribution in [2.24, 2.45) is 11.8 Å². The van der Waals surface area contributed by atoms with Crippen LogP contribution in [-0.4, -0.2) is 12.5 Å². The van der Waals surface area contributed by atoms with Crippen molar-refractivity contribution >= 4 is 21.8 Å². The average molecular weight is 324 g/mol. The molecule has 2 rings (SSSR count). The standard InChI is InChI=1S/C16H22BrNO/c1-11-5-3-4-6-13(11)10-18-16(19)15-9-14(17)8-7-12(15)2/h7-9,11,13H,3-6,10H2,1-2H3,(H,18,19). The zero-order chi connectivity index (χ0) is 13.8. The molecule has 1 N–H and O–H groups in total. The van der Waals surface area contributed by atoms with Crippen LogP contribution in [0, 0.1) is 18.8 Å². The number of hydrogen-bond acceptors (Lipinski definition) is 1. The lowest BCUT2D eigenvalue weighted by Gasteiger charge is -2.28. The van der Waals surface area contributed by atoms with Gasteiger partial charge in [0.2, 0.25) is 0 Å². The molecule has 0 radical (unpaired) electrons. The highest BCUT2D eigenvalue weighted by molar-refractivity contribution is 9.10. The van der Waals surface area contributed by atoms with E-state index in [1.54, 1.807) is 0 Å². The summed E-state index contributed by atoms with van der Waals surface area (Å²) in [6, 6.07) is 5.84. The summed E-state index contributed by atoms with van der Waals surface area (Å²) in [6.45, 7) is 5.09. The second-order valence-electron chi connectivity index (χ2n) is 5.69. The Hall–Kier alpha value is -0.830. The summed E-state index contributed by atoms with van der Waals surface area (Å²) in [4.78, 5) is 12.2. The summed E-state index contributed by atoms with van der Waals surface area (Å²) in [6.07, 6.45) is 5.20. The maximum atomic E-state index is 12.2. The summed E-state index contributed by atoms with van der Waals surface area (Å²) >= 11 is 3.42. The fourth-order valence-corrected chi connectivity index (χ4v) is 3.22. The molecule has 3 heteroatoms. The van der Waals surface area contributed by atoms with Crippen molar-refractivity contribution in [2.45, 2.75) is 39.5 Å². The van der Waals surface area contributed by atoms with Crippen LogP contribution in [0.4, 0.5) is 0 Å². The Bertz CT molecular complexity index is 458. The Kier molecular flexibility index (Phi) is 5.03. The third-order valence-electron chi connectivity index (χ3n) is 4.26. The number of hydrogen-bond donors (Lipinski definition) is 1. The molecule has 1 fully saturated rings. The van der Waals surface area contributed by atoms with Crippen LogP contribution in [0.5, 0.6) is 0 Å². The number of amides is 1. The lowest BCUT2D eigenvalue weighted by molar-refractivity contribution is 0.0936. The Balaban J connectivity index is 1.95. The van der Waals surface area contributed by atoms with Crippen molar-refractivity contribution in [1.29, 1.82) is 0 Å². The minimum atomic E-state index is 0.0524. The molecule has 1 aliphatic carbocycles. The second-order valence-corrected chi connectivity index (χ2v) is 6.61. The molecule has 0 spiro atoms. The van der Waals surface area contributed by atoms with Gasteiger partial charge in [-0.25, -0.2) is 0 Å². The number of nitrogens with one attached hydrogen (secondary N) is 1. The number of carbonyl (C=O) groups is 1. The molecule has 2 nitrogen and oxygen atoms in total. The van der Waals surface area contributed by atoms with E-state index in [2.05, 4.69) is 28.2 Å². The van der Waals surface area contributed by atoms with E-state index in [1.807, 2.05) is 25.1 Å². The molecule has 0 aromatic heterocycles. The Morgan fingerprint density at radius 3 is 2.84 bits per heavy atom. The Labute approximate surface area is 124 Å². The lowest BCUT2D eigenvalue weighted by atomic mass is 9.80. The third kappa shape index (κ3) is 3.82. The zero-order valence-corrected chi connectivity index (χ0v) is 13.3. The van der Waals surface area contributed by atoms with E-state index in [9.17, 15) is 4.79 Å². The van der Waals surface area contributed by atoms with Crippen LogP contribution < -0.4 is 5.32 Å². The van der Waals surface area contributed by atoms with Crippen molar-refractivity contribution in [2.75, 3.05) is 6.54 Å². The summed E-state index contributed by atoms with van der Waals surface area (Å²) in [5, 5.41) is 3.11. The van der Waals surface area contributed by atoms with Crippen molar-refractivity contribution in [3.05, 3.63) is 33.8 Å². The molecule has 2 atom stereocenters. The second kappa shape index (κ2) is 6.56. The van der Waals surface area contributed by atoms with E-state index in [0.29, 0.717) is 5.92 Å². The molecule has 0 heterocycles. The summed E-state index contributed by atoms with van der Waals surface area (Å²) < 4.78 is 0.953. The van der Waals surface area contributed by atoms with Crippen LogP contribution in [0.2, 0.25) is 0 Å². The summed E-state index contributed by atoms with van der Waals surface area (Å²) in [7, 11) is 0. The molecule has 0 aliphatic heterocycles. The first-order chi connectivity index (χ1) is 9.08. The monoisotopic (exact) mass is 323 g/mol. The average Bonchev–Trinajstić information content (AvgIpc) is 2.40. The highest BCUT2D eigenvalue weighted by atomic mass is 79.9. The fraction of sp³-hybridized carbons (Fsp3) is 0.562. The number of rotatable bonds is 3. The SMILES string of the molecule is Cc1ccc(Br)cc1C(=O)NCC1CCCCC1C. The predicted molar refractivity (Wildman–Crippen MR) is 82.3 cm³/mol. The van der Waals surface area contributed by atoms with Gasteiger partial charge in [-0.05, 0) is 42.9 Å². The molecular weight excluding hydrogens is 302 g/mol. The molecule has 19 heavy (non-hydrogen) atoms. The van der Waals surface area contributed by atoms with Crippen LogP contribution in [-0.2, 0) is 0 Å². The van der Waals surface area contributed by atoms with Crippen LogP contribution in [0.25, 0.3) is 0 Å². The maximum absolute atomic E-state index is 12.2. The molecule has 1 aromatic carbocycles. The van der Waals surface area contributed by atoms with Gasteiger partial charge in [0.25, 0.3) is 5.91 Å². The van der Waals surface area contributed by atoms with Crippen molar-refractivity contribution in [3.63, 3.8) is 0 Å². The number of benzene rings is 1. The molecule has 104 valence electrons. The van der Waals surface area contributed by atoms with E-state index >= 15 is 0 Å². The minimum Gasteiger partial charge on any atom is -0.352 e. The predicted octanol–water partition coefficient (Wildman–Crippen LogP) is 4.31. The van der Waals surface area contributed by atoms with Crippen LogP contribution in [0.1, 0.15) is 48.5 Å². The van der Waals surface area contributed by atoms with Gasteiger partial charge in [-0.15, -0.1) is 0 Å². The largest absolute Gasteiger partial charge is 0.352 e. The Morgan fingerprint density at radius 2 is 2.11 bits per heavy atom. The molecule has 1 amide bonds. The van der Waals surface area contributed by atoms with E-state index in [0.717, 1.165) is 28.1 Å². The van der Waals surface area contributed by atoms with Gasteiger partial charge in [-0.2, -0.15) is 0 Å². The number of halogens is 1. The van der Waals surface area contributed by atoms with Crippen LogP contribution in [0.15, 0.2) is 22.7 Å². The van der Waals surface area contributed by atoms with E-state index < -0.39 is 0 Å². The molecule has 0 saturated heterocycles. The first kappa shape index (κ1) is 14.6. The highest BCUT2D eigenvalue weighted by Crippen LogP contribution is 2.29. The summed E-state index contributed by atoms with van der Waals surface area (Å²) in [5.41, 5.74) is 1.80. The topological polar surface area (TPSA) is 29.1 Å². The van der Waals surface area contributed by atoms with Gasteiger partial charge >= 0.3 is 0 Å². The van der Waals surface area contributed by atoms with Gasteiger partial charge in [0.15, 0.2) is 0 Å². The highest BCUT2D eigenvalue weighted by Gasteiger charge is 2.22. The van der Waals surface area contributed by atoms with E-state index in [4.69, 9.17) is 0 Å². The van der Waals surface area contributed by atoms with Gasteiger partial charge < -0.3 is 5.32 Å². The number of aryl methyl sites for hydroxylation is 1. The normalized spacial score (nSPS) is 23.1. The maximum Gasteiger partial charge on any atom is 0.251 e. The lowest BCUT2D eigenvalue weighted by Crippen LogP contribution is -2.33. The van der Waals surface area contributed by atoms with E-state index in [1.165, 1.54) is 25.7 Å². The summed E-state index contributed by atoms with van der Waals surface area (Å²) in [5.74, 6) is 1.43. The zero-order valence-electron chi connectivity index (χ0n) is 11.7. The third-order valence-corrected chi connectivity index (χ3v) is 4.75. The fourth-order valence-electron chi connectivity index (χ4n) is 2.85. The van der Waals surface area contributed by atoms with Gasteiger partial charge in [-0.3, -0.25) is 4.79 Å². The molecule has 1 saturated carbocycles. The van der Waals surface area contributed by atoms with Crippen molar-refractivity contribution in [1.82, 2.24) is 5.32 Å². The molecular formula is C16H22BrNO. The van der Waals surface area contributed by atoms with Crippen LogP contribution >= 0.6 is 15.9 Å².